The predicted molar refractivity (Wildman–Crippen MR) is 98.6 cm³/mol. The van der Waals surface area contributed by atoms with Crippen LogP contribution >= 0.6 is 0 Å². The Hall–Kier alpha value is -3.12. The summed E-state index contributed by atoms with van der Waals surface area (Å²) in [6.45, 7) is 1.52. The molecule has 2 amide bonds. The molecule has 0 aliphatic heterocycles. The molecule has 3 N–H and O–H groups in total. The fourth-order valence-corrected chi connectivity index (χ4v) is 2.32. The van der Waals surface area contributed by atoms with E-state index >= 15 is 0 Å². The number of amides is 2. The second-order valence-electron chi connectivity index (χ2n) is 6.21. The molecule has 0 unspecified atom stereocenters. The van der Waals surface area contributed by atoms with Crippen molar-refractivity contribution in [3.05, 3.63) is 35.9 Å². The number of rotatable bonds is 10. The molecule has 0 saturated heterocycles. The van der Waals surface area contributed by atoms with E-state index in [1.165, 1.54) is 7.11 Å². The minimum atomic E-state index is -1.17. The maximum atomic E-state index is 12.0. The Morgan fingerprint density at radius 3 is 2.54 bits per heavy atom. The molecule has 152 valence electrons. The first-order valence-corrected chi connectivity index (χ1v) is 8.74. The number of hydrogen-bond donors (Lipinski definition) is 3. The molecule has 0 spiro atoms. The van der Waals surface area contributed by atoms with Gasteiger partial charge in [-0.15, -0.1) is 0 Å². The lowest BCUT2D eigenvalue weighted by molar-refractivity contribution is -0.146. The highest BCUT2D eigenvalue weighted by molar-refractivity contribution is 5.84. The van der Waals surface area contributed by atoms with Crippen molar-refractivity contribution in [3.8, 4) is 6.07 Å². The van der Waals surface area contributed by atoms with Crippen LogP contribution in [0.15, 0.2) is 30.3 Å². The lowest BCUT2D eigenvalue weighted by Crippen LogP contribution is -2.47. The summed E-state index contributed by atoms with van der Waals surface area (Å²) in [4.78, 5) is 35.5. The zero-order valence-electron chi connectivity index (χ0n) is 15.9. The first kappa shape index (κ1) is 22.9. The number of carbonyl (C=O) groups excluding carboxylic acids is 3. The molecule has 28 heavy (non-hydrogen) atoms. The molecule has 1 aromatic carbocycles. The Morgan fingerprint density at radius 2 is 1.93 bits per heavy atom. The van der Waals surface area contributed by atoms with Gasteiger partial charge >= 0.3 is 12.1 Å². The number of nitrogens with zero attached hydrogens (tertiary/aromatic N) is 1. The summed E-state index contributed by atoms with van der Waals surface area (Å²) in [6, 6.07) is 10.0. The number of benzene rings is 1. The van der Waals surface area contributed by atoms with Crippen LogP contribution in [0.4, 0.5) is 4.79 Å². The van der Waals surface area contributed by atoms with Crippen LogP contribution < -0.4 is 10.6 Å². The van der Waals surface area contributed by atoms with Crippen molar-refractivity contribution in [1.82, 2.24) is 10.6 Å². The van der Waals surface area contributed by atoms with Crippen molar-refractivity contribution in [2.45, 2.75) is 38.5 Å². The van der Waals surface area contributed by atoms with Crippen LogP contribution in [0.2, 0.25) is 0 Å². The van der Waals surface area contributed by atoms with Crippen LogP contribution in [0.3, 0.4) is 0 Å². The molecule has 0 aromatic heterocycles. The van der Waals surface area contributed by atoms with E-state index in [1.54, 1.807) is 19.1 Å². The van der Waals surface area contributed by atoms with E-state index in [-0.39, 0.29) is 26.0 Å². The van der Waals surface area contributed by atoms with Gasteiger partial charge in [0.25, 0.3) is 0 Å². The molecule has 1 rings (SSSR count). The van der Waals surface area contributed by atoms with E-state index in [1.807, 2.05) is 24.3 Å². The number of esters is 1. The summed E-state index contributed by atoms with van der Waals surface area (Å²) in [5, 5.41) is 23.5. The highest BCUT2D eigenvalue weighted by atomic mass is 16.5. The van der Waals surface area contributed by atoms with Crippen LogP contribution in [-0.4, -0.2) is 48.9 Å². The maximum absolute atomic E-state index is 12.0. The smallest absolute Gasteiger partial charge is 0.407 e. The molecule has 0 radical (unpaired) electrons. The number of aliphatic hydroxyl groups is 1. The number of hydrogen-bond acceptors (Lipinski definition) is 7. The summed E-state index contributed by atoms with van der Waals surface area (Å²) in [5.41, 5.74) is 0.818. The molecule has 0 aliphatic carbocycles. The molecule has 0 bridgehead atoms. The van der Waals surface area contributed by atoms with Gasteiger partial charge < -0.3 is 25.2 Å². The average Bonchev–Trinajstić information content (AvgIpc) is 2.69. The second kappa shape index (κ2) is 12.3. The van der Waals surface area contributed by atoms with Crippen molar-refractivity contribution in [2.24, 2.45) is 5.92 Å². The van der Waals surface area contributed by atoms with E-state index in [2.05, 4.69) is 15.4 Å². The third-order valence-corrected chi connectivity index (χ3v) is 3.87. The van der Waals surface area contributed by atoms with Crippen LogP contribution in [0.1, 0.15) is 25.3 Å². The highest BCUT2D eigenvalue weighted by Gasteiger charge is 2.28. The van der Waals surface area contributed by atoms with Gasteiger partial charge in [0, 0.05) is 18.9 Å². The zero-order chi connectivity index (χ0) is 20.9. The molecule has 1 aromatic rings. The third kappa shape index (κ3) is 8.51. The number of aliphatic hydroxyl groups excluding tert-OH is 1. The van der Waals surface area contributed by atoms with Gasteiger partial charge in [0.2, 0.25) is 5.91 Å². The van der Waals surface area contributed by atoms with Crippen molar-refractivity contribution in [1.29, 1.82) is 5.26 Å². The molecule has 0 fully saturated rings. The number of alkyl carbamates (subject to hydrolysis) is 1. The fraction of sp³-hybridized carbons (Fsp3) is 0.474. The van der Waals surface area contributed by atoms with Crippen molar-refractivity contribution in [2.75, 3.05) is 13.7 Å². The normalized spacial score (nSPS) is 13.4. The second-order valence-corrected chi connectivity index (χ2v) is 6.21. The molecule has 3 atom stereocenters. The quantitative estimate of drug-likeness (QED) is 0.503. The predicted octanol–water partition coefficient (Wildman–Crippen LogP) is 0.871. The van der Waals surface area contributed by atoms with E-state index in [9.17, 15) is 19.5 Å². The lowest BCUT2D eigenvalue weighted by Gasteiger charge is -2.21. The third-order valence-electron chi connectivity index (χ3n) is 3.87. The lowest BCUT2D eigenvalue weighted by atomic mass is 9.98. The van der Waals surface area contributed by atoms with Gasteiger partial charge in [0.1, 0.15) is 12.6 Å². The maximum Gasteiger partial charge on any atom is 0.407 e. The number of methoxy groups -OCH3 is 1. The van der Waals surface area contributed by atoms with Crippen molar-refractivity contribution < 1.29 is 29.0 Å². The molecule has 0 heterocycles. The number of nitrogens with one attached hydrogen (secondary N) is 2. The standard InChI is InChI=1S/C19H25N3O6/c1-13(8-9-20)17(18(25)27-2)22-16(24)10-15(23)11-21-19(26)28-12-14-6-4-3-5-7-14/h3-7,13,15,17,23H,8,10-12H2,1-2H3,(H,21,26)(H,22,24)/t13-,15+,17+/m0/s1. The largest absolute Gasteiger partial charge is 0.467 e. The SMILES string of the molecule is COC(=O)[C@H](NC(=O)C[C@@H](O)CNC(=O)OCc1ccccc1)[C@@H](C)CC#N. The molecule has 0 saturated carbocycles. The first-order valence-electron chi connectivity index (χ1n) is 8.74. The number of ether oxygens (including phenoxy) is 2. The molecule has 9 nitrogen and oxygen atoms in total. The first-order chi connectivity index (χ1) is 13.4. The monoisotopic (exact) mass is 391 g/mol. The van der Waals surface area contributed by atoms with Gasteiger partial charge in [0.05, 0.1) is 25.7 Å². The van der Waals surface area contributed by atoms with E-state index in [0.717, 1.165) is 5.56 Å². The van der Waals surface area contributed by atoms with Crippen molar-refractivity contribution in [3.63, 3.8) is 0 Å². The Balaban J connectivity index is 2.38. The van der Waals surface area contributed by atoms with E-state index in [0.29, 0.717) is 0 Å². The number of carbonyl (C=O) groups is 3. The summed E-state index contributed by atoms with van der Waals surface area (Å²) in [5.74, 6) is -1.73. The van der Waals surface area contributed by atoms with Gasteiger partial charge in [0.15, 0.2) is 0 Å². The summed E-state index contributed by atoms with van der Waals surface area (Å²) >= 11 is 0. The minimum absolute atomic E-state index is 0.0530. The van der Waals surface area contributed by atoms with Crippen LogP contribution in [0, 0.1) is 17.2 Å². The molecule has 9 heteroatoms. The van der Waals surface area contributed by atoms with Crippen LogP contribution in [-0.2, 0) is 25.7 Å². The topological polar surface area (TPSA) is 138 Å². The Morgan fingerprint density at radius 1 is 1.25 bits per heavy atom. The van der Waals surface area contributed by atoms with Crippen molar-refractivity contribution >= 4 is 18.0 Å². The summed E-state index contributed by atoms with van der Waals surface area (Å²) in [6.07, 6.45) is -2.18. The average molecular weight is 391 g/mol. The molecular weight excluding hydrogens is 366 g/mol. The number of nitriles is 1. The fourth-order valence-electron chi connectivity index (χ4n) is 2.32. The zero-order valence-corrected chi connectivity index (χ0v) is 15.9. The van der Waals surface area contributed by atoms with Gasteiger partial charge in [-0.2, -0.15) is 5.26 Å². The molecule has 0 aliphatic rings. The Bertz CT molecular complexity index is 689. The van der Waals surface area contributed by atoms with Crippen LogP contribution in [0.5, 0.6) is 0 Å². The minimum Gasteiger partial charge on any atom is -0.467 e. The van der Waals surface area contributed by atoms with Gasteiger partial charge in [-0.1, -0.05) is 37.3 Å². The Labute approximate surface area is 163 Å². The summed E-state index contributed by atoms with van der Waals surface area (Å²) < 4.78 is 9.63. The van der Waals surface area contributed by atoms with Crippen LogP contribution in [0.25, 0.3) is 0 Å². The van der Waals surface area contributed by atoms with Gasteiger partial charge in [-0.3, -0.25) is 4.79 Å². The van der Waals surface area contributed by atoms with Gasteiger partial charge in [-0.05, 0) is 5.56 Å². The van der Waals surface area contributed by atoms with E-state index < -0.39 is 36.0 Å². The Kier molecular flexibility index (Phi) is 10.1. The molecular formula is C19H25N3O6. The summed E-state index contributed by atoms with van der Waals surface area (Å²) in [7, 11) is 1.18. The van der Waals surface area contributed by atoms with Gasteiger partial charge in [-0.25, -0.2) is 9.59 Å². The van der Waals surface area contributed by atoms with E-state index in [4.69, 9.17) is 10.00 Å². The highest BCUT2D eigenvalue weighted by Crippen LogP contribution is 2.10.